The molecule has 0 saturated carbocycles. The Morgan fingerprint density at radius 3 is 2.39 bits per heavy atom. The number of nitrogens with zero attached hydrogens (tertiary/aromatic N) is 1. The number of aryl methyl sites for hydroxylation is 2. The molecule has 0 aliphatic heterocycles. The monoisotopic (exact) mass is 306 g/mol. The fourth-order valence-electron chi connectivity index (χ4n) is 1.77. The second kappa shape index (κ2) is 5.48. The predicted molar refractivity (Wildman–Crippen MR) is 76.7 cm³/mol. The van der Waals surface area contributed by atoms with E-state index in [1.807, 2.05) is 19.1 Å². The first-order chi connectivity index (χ1) is 8.65. The topological polar surface area (TPSA) is 45.8 Å². The van der Waals surface area contributed by atoms with Gasteiger partial charge < -0.3 is 4.98 Å². The first-order valence-electron chi connectivity index (χ1n) is 6.03. The van der Waals surface area contributed by atoms with Crippen LogP contribution in [0.3, 0.4) is 0 Å². The van der Waals surface area contributed by atoms with Gasteiger partial charge in [0.2, 0.25) is 0 Å². The largest absolute Gasteiger partial charge is 0.306 e. The Morgan fingerprint density at radius 1 is 1.17 bits per heavy atom. The van der Waals surface area contributed by atoms with Crippen LogP contribution < -0.4 is 5.56 Å². The zero-order valence-corrected chi connectivity index (χ0v) is 12.0. The van der Waals surface area contributed by atoms with E-state index in [4.69, 9.17) is 0 Å². The normalized spacial score (nSPS) is 10.6. The van der Waals surface area contributed by atoms with Crippen molar-refractivity contribution in [3.8, 4) is 11.4 Å². The Balaban J connectivity index is 2.50. The van der Waals surface area contributed by atoms with Crippen LogP contribution in [0.25, 0.3) is 11.4 Å². The summed E-state index contributed by atoms with van der Waals surface area (Å²) in [6.45, 7) is 4.10. The lowest BCUT2D eigenvalue weighted by atomic mass is 10.1. The van der Waals surface area contributed by atoms with Crippen molar-refractivity contribution in [1.29, 1.82) is 0 Å². The zero-order valence-electron chi connectivity index (χ0n) is 10.5. The molecule has 1 aromatic carbocycles. The Labute approximate surface area is 114 Å². The molecule has 0 saturated heterocycles. The summed E-state index contributed by atoms with van der Waals surface area (Å²) >= 11 is 3.26. The third-order valence-corrected chi connectivity index (χ3v) is 3.72. The quantitative estimate of drug-likeness (QED) is 0.945. The van der Waals surface area contributed by atoms with Crippen LogP contribution in [0.15, 0.2) is 33.5 Å². The van der Waals surface area contributed by atoms with Crippen LogP contribution in [0.2, 0.25) is 0 Å². The lowest BCUT2D eigenvalue weighted by molar-refractivity contribution is 0.970. The molecule has 3 nitrogen and oxygen atoms in total. The van der Waals surface area contributed by atoms with Crippen LogP contribution in [0.5, 0.6) is 0 Å². The highest BCUT2D eigenvalue weighted by molar-refractivity contribution is 9.10. The van der Waals surface area contributed by atoms with Crippen molar-refractivity contribution in [2.75, 3.05) is 0 Å². The molecule has 0 spiro atoms. The van der Waals surface area contributed by atoms with Crippen LogP contribution in [0.1, 0.15) is 25.1 Å². The van der Waals surface area contributed by atoms with Crippen molar-refractivity contribution in [2.45, 2.75) is 26.7 Å². The summed E-state index contributed by atoms with van der Waals surface area (Å²) in [4.78, 5) is 19.0. The molecule has 0 radical (unpaired) electrons. The van der Waals surface area contributed by atoms with Gasteiger partial charge in [-0.2, -0.15) is 0 Å². The second-order valence-corrected chi connectivity index (χ2v) is 4.87. The first kappa shape index (κ1) is 13.0. The average Bonchev–Trinajstić information content (AvgIpc) is 2.42. The van der Waals surface area contributed by atoms with E-state index in [-0.39, 0.29) is 5.56 Å². The van der Waals surface area contributed by atoms with Crippen LogP contribution in [-0.4, -0.2) is 9.97 Å². The van der Waals surface area contributed by atoms with Gasteiger partial charge in [-0.3, -0.25) is 4.79 Å². The fourth-order valence-corrected chi connectivity index (χ4v) is 2.24. The molecule has 2 aromatic rings. The van der Waals surface area contributed by atoms with Gasteiger partial charge in [0.05, 0.1) is 5.69 Å². The number of H-pyrrole nitrogens is 1. The molecule has 0 aliphatic carbocycles. The third kappa shape index (κ3) is 2.53. The van der Waals surface area contributed by atoms with Gasteiger partial charge in [-0.25, -0.2) is 4.98 Å². The highest BCUT2D eigenvalue weighted by Gasteiger charge is 2.08. The van der Waals surface area contributed by atoms with E-state index in [9.17, 15) is 4.79 Å². The van der Waals surface area contributed by atoms with Gasteiger partial charge in [0.1, 0.15) is 10.3 Å². The lowest BCUT2D eigenvalue weighted by Gasteiger charge is -2.05. The van der Waals surface area contributed by atoms with Gasteiger partial charge in [-0.05, 0) is 34.3 Å². The molecule has 0 amide bonds. The number of halogens is 1. The molecule has 1 heterocycles. The Kier molecular flexibility index (Phi) is 3.97. The summed E-state index contributed by atoms with van der Waals surface area (Å²) in [6.07, 6.45) is 1.73. The van der Waals surface area contributed by atoms with Gasteiger partial charge in [0.15, 0.2) is 0 Å². The summed E-state index contributed by atoms with van der Waals surface area (Å²) in [5, 5.41) is 0. The number of rotatable bonds is 3. The minimum atomic E-state index is -0.128. The lowest BCUT2D eigenvalue weighted by Crippen LogP contribution is -2.13. The van der Waals surface area contributed by atoms with Gasteiger partial charge in [-0.15, -0.1) is 0 Å². The molecule has 0 unspecified atom stereocenters. The Morgan fingerprint density at radius 2 is 1.83 bits per heavy atom. The Hall–Kier alpha value is -1.42. The van der Waals surface area contributed by atoms with Crippen molar-refractivity contribution in [1.82, 2.24) is 9.97 Å². The summed E-state index contributed by atoms with van der Waals surface area (Å²) in [6, 6.07) is 8.10. The van der Waals surface area contributed by atoms with Crippen LogP contribution in [0.4, 0.5) is 0 Å². The maximum atomic E-state index is 11.8. The van der Waals surface area contributed by atoms with E-state index in [1.54, 1.807) is 0 Å². The molecule has 4 heteroatoms. The van der Waals surface area contributed by atoms with Crippen molar-refractivity contribution in [3.63, 3.8) is 0 Å². The minimum absolute atomic E-state index is 0.128. The van der Waals surface area contributed by atoms with Crippen LogP contribution in [-0.2, 0) is 12.8 Å². The predicted octanol–water partition coefficient (Wildman–Crippen LogP) is 3.32. The average molecular weight is 307 g/mol. The van der Waals surface area contributed by atoms with Crippen LogP contribution in [0, 0.1) is 0 Å². The van der Waals surface area contributed by atoms with Crippen LogP contribution >= 0.6 is 15.9 Å². The number of aromatic amines is 1. The first-order valence-corrected chi connectivity index (χ1v) is 6.83. The van der Waals surface area contributed by atoms with E-state index in [1.165, 1.54) is 5.56 Å². The molecule has 0 aliphatic rings. The van der Waals surface area contributed by atoms with Crippen molar-refractivity contribution < 1.29 is 0 Å². The second-order valence-electron chi connectivity index (χ2n) is 4.08. The third-order valence-electron chi connectivity index (χ3n) is 2.90. The van der Waals surface area contributed by atoms with E-state index in [0.29, 0.717) is 10.3 Å². The summed E-state index contributed by atoms with van der Waals surface area (Å²) in [7, 11) is 0. The molecule has 18 heavy (non-hydrogen) atoms. The van der Waals surface area contributed by atoms with Gasteiger partial charge >= 0.3 is 0 Å². The summed E-state index contributed by atoms with van der Waals surface area (Å²) in [5.74, 6) is 0.628. The number of aromatic nitrogens is 2. The summed E-state index contributed by atoms with van der Waals surface area (Å²) < 4.78 is 0.527. The van der Waals surface area contributed by atoms with Gasteiger partial charge in [0, 0.05) is 5.56 Å². The Bertz CT molecular complexity index is 602. The maximum Gasteiger partial charge on any atom is 0.265 e. The highest BCUT2D eigenvalue weighted by Crippen LogP contribution is 2.18. The fraction of sp³-hybridized carbons (Fsp3) is 0.286. The maximum absolute atomic E-state index is 11.8. The number of nitrogens with one attached hydrogen (secondary N) is 1. The van der Waals surface area contributed by atoms with Gasteiger partial charge in [0.25, 0.3) is 5.56 Å². The van der Waals surface area contributed by atoms with Crippen molar-refractivity contribution in [3.05, 3.63) is 50.3 Å². The summed E-state index contributed by atoms with van der Waals surface area (Å²) in [5.41, 5.74) is 2.87. The van der Waals surface area contributed by atoms with Gasteiger partial charge in [-0.1, -0.05) is 38.1 Å². The van der Waals surface area contributed by atoms with E-state index < -0.39 is 0 Å². The highest BCUT2D eigenvalue weighted by atomic mass is 79.9. The van der Waals surface area contributed by atoms with E-state index >= 15 is 0 Å². The minimum Gasteiger partial charge on any atom is -0.306 e. The molecule has 0 bridgehead atoms. The van der Waals surface area contributed by atoms with E-state index in [0.717, 1.165) is 24.1 Å². The molecule has 94 valence electrons. The standard InChI is InChI=1S/C14H15BrN2O/c1-3-9-5-7-10(8-6-9)13-16-11(4-2)12(15)14(18)17-13/h5-8H,3-4H2,1-2H3,(H,16,17,18). The molecule has 0 fully saturated rings. The molecule has 2 rings (SSSR count). The van der Waals surface area contributed by atoms with E-state index in [2.05, 4.69) is 45.0 Å². The van der Waals surface area contributed by atoms with Crippen molar-refractivity contribution in [2.24, 2.45) is 0 Å². The molecule has 1 aromatic heterocycles. The number of benzene rings is 1. The molecule has 0 atom stereocenters. The van der Waals surface area contributed by atoms with Crippen molar-refractivity contribution >= 4 is 15.9 Å². The smallest absolute Gasteiger partial charge is 0.265 e. The molecular formula is C14H15BrN2O. The molecule has 1 N–H and O–H groups in total. The zero-order chi connectivity index (χ0) is 13.1. The SMILES string of the molecule is CCc1ccc(-c2nc(CC)c(Br)c(=O)[nH]2)cc1. The number of hydrogen-bond acceptors (Lipinski definition) is 2. The molecular weight excluding hydrogens is 292 g/mol. The number of hydrogen-bond donors (Lipinski definition) is 1.